The molecule has 0 bridgehead atoms. The molecule has 0 saturated heterocycles. The Morgan fingerprint density at radius 3 is 2.63 bits per heavy atom. The van der Waals surface area contributed by atoms with Crippen LogP contribution in [0.5, 0.6) is 0 Å². The van der Waals surface area contributed by atoms with Crippen molar-refractivity contribution in [3.05, 3.63) is 65.4 Å². The molecule has 0 aliphatic carbocycles. The number of carbonyl (C=O) groups is 1. The molecule has 2 aromatic carbocycles. The molecule has 1 aromatic heterocycles. The zero-order chi connectivity index (χ0) is 13.4. The van der Waals surface area contributed by atoms with Crippen LogP contribution in [0.3, 0.4) is 0 Å². The van der Waals surface area contributed by atoms with E-state index in [1.165, 1.54) is 0 Å². The summed E-state index contributed by atoms with van der Waals surface area (Å²) in [5.41, 5.74) is 8.57. The van der Waals surface area contributed by atoms with Gasteiger partial charge in [0.05, 0.1) is 0 Å². The molecule has 0 amide bonds. The van der Waals surface area contributed by atoms with E-state index in [0.29, 0.717) is 17.0 Å². The van der Waals surface area contributed by atoms with Gasteiger partial charge in [-0.3, -0.25) is 4.79 Å². The van der Waals surface area contributed by atoms with E-state index in [1.54, 1.807) is 30.3 Å². The number of benzene rings is 2. The summed E-state index contributed by atoms with van der Waals surface area (Å²) in [7, 11) is 0. The van der Waals surface area contributed by atoms with Gasteiger partial charge in [-0.05, 0) is 30.7 Å². The van der Waals surface area contributed by atoms with Crippen molar-refractivity contribution in [2.75, 3.05) is 5.73 Å². The van der Waals surface area contributed by atoms with E-state index >= 15 is 0 Å². The molecule has 19 heavy (non-hydrogen) atoms. The topological polar surface area (TPSA) is 56.2 Å². The van der Waals surface area contributed by atoms with Gasteiger partial charge < -0.3 is 10.2 Å². The maximum atomic E-state index is 12.3. The average molecular weight is 251 g/mol. The van der Waals surface area contributed by atoms with Crippen molar-refractivity contribution in [2.24, 2.45) is 0 Å². The van der Waals surface area contributed by atoms with Gasteiger partial charge in [-0.1, -0.05) is 30.3 Å². The van der Waals surface area contributed by atoms with Crippen molar-refractivity contribution in [1.29, 1.82) is 0 Å². The van der Waals surface area contributed by atoms with Crippen LogP contribution in [0.4, 0.5) is 5.69 Å². The first-order valence-electron chi connectivity index (χ1n) is 6.04. The molecule has 0 aliphatic heterocycles. The highest BCUT2D eigenvalue weighted by Gasteiger charge is 2.15. The van der Waals surface area contributed by atoms with Crippen LogP contribution >= 0.6 is 0 Å². The number of aryl methyl sites for hydroxylation is 1. The fourth-order valence-corrected chi connectivity index (χ4v) is 2.14. The van der Waals surface area contributed by atoms with E-state index < -0.39 is 0 Å². The molecule has 0 unspecified atom stereocenters. The molecule has 3 aromatic rings. The molecule has 0 spiro atoms. The van der Waals surface area contributed by atoms with E-state index in [4.69, 9.17) is 10.2 Å². The minimum absolute atomic E-state index is 0.150. The molecule has 0 fully saturated rings. The van der Waals surface area contributed by atoms with Crippen molar-refractivity contribution < 1.29 is 9.21 Å². The lowest BCUT2D eigenvalue weighted by atomic mass is 10.1. The smallest absolute Gasteiger partial charge is 0.228 e. The number of nitrogens with two attached hydrogens (primary N) is 1. The standard InChI is InChI=1S/C16H13NO2/c1-10-4-2-6-12-9-14(19-16(10)12)15(18)11-5-3-7-13(17)8-11/h2-9H,17H2,1H3. The molecule has 0 saturated carbocycles. The molecule has 3 rings (SSSR count). The SMILES string of the molecule is Cc1cccc2cc(C(=O)c3cccc(N)c3)oc12. The Labute approximate surface area is 110 Å². The predicted molar refractivity (Wildman–Crippen MR) is 75.2 cm³/mol. The van der Waals surface area contributed by atoms with Crippen LogP contribution in [-0.4, -0.2) is 5.78 Å². The summed E-state index contributed by atoms with van der Waals surface area (Å²) in [5.74, 6) is 0.192. The lowest BCUT2D eigenvalue weighted by Gasteiger charge is -1.98. The number of hydrogen-bond donors (Lipinski definition) is 1. The number of hydrogen-bond acceptors (Lipinski definition) is 3. The number of fused-ring (bicyclic) bond motifs is 1. The Morgan fingerprint density at radius 2 is 1.89 bits per heavy atom. The molecule has 0 aliphatic rings. The number of rotatable bonds is 2. The number of ketones is 1. The highest BCUT2D eigenvalue weighted by molar-refractivity contribution is 6.09. The normalized spacial score (nSPS) is 10.8. The highest BCUT2D eigenvalue weighted by Crippen LogP contribution is 2.24. The maximum Gasteiger partial charge on any atom is 0.228 e. The summed E-state index contributed by atoms with van der Waals surface area (Å²) < 4.78 is 5.66. The molecular weight excluding hydrogens is 238 g/mol. The number of para-hydroxylation sites is 1. The van der Waals surface area contributed by atoms with Crippen LogP contribution in [0.2, 0.25) is 0 Å². The molecule has 94 valence electrons. The first-order chi connectivity index (χ1) is 9.15. The second-order valence-electron chi connectivity index (χ2n) is 4.56. The monoisotopic (exact) mass is 251 g/mol. The van der Waals surface area contributed by atoms with E-state index in [1.807, 2.05) is 25.1 Å². The quantitative estimate of drug-likeness (QED) is 0.559. The minimum Gasteiger partial charge on any atom is -0.452 e. The highest BCUT2D eigenvalue weighted by atomic mass is 16.3. The largest absolute Gasteiger partial charge is 0.452 e. The van der Waals surface area contributed by atoms with Crippen molar-refractivity contribution in [1.82, 2.24) is 0 Å². The minimum atomic E-state index is -0.150. The van der Waals surface area contributed by atoms with Gasteiger partial charge in [0, 0.05) is 16.6 Å². The van der Waals surface area contributed by atoms with Crippen molar-refractivity contribution >= 4 is 22.4 Å². The van der Waals surface area contributed by atoms with Crippen molar-refractivity contribution in [3.63, 3.8) is 0 Å². The molecule has 3 nitrogen and oxygen atoms in total. The first-order valence-corrected chi connectivity index (χ1v) is 6.04. The number of furan rings is 1. The molecule has 2 N–H and O–H groups in total. The van der Waals surface area contributed by atoms with Crippen molar-refractivity contribution in [3.8, 4) is 0 Å². The molecule has 0 atom stereocenters. The Hall–Kier alpha value is -2.55. The van der Waals surface area contributed by atoms with E-state index in [2.05, 4.69) is 0 Å². The second-order valence-corrected chi connectivity index (χ2v) is 4.56. The molecule has 3 heteroatoms. The van der Waals surface area contributed by atoms with Gasteiger partial charge in [-0.25, -0.2) is 0 Å². The lowest BCUT2D eigenvalue weighted by molar-refractivity contribution is 0.101. The van der Waals surface area contributed by atoms with E-state index in [0.717, 1.165) is 16.5 Å². The summed E-state index contributed by atoms with van der Waals surface area (Å²) in [6, 6.07) is 14.5. The van der Waals surface area contributed by atoms with Gasteiger partial charge in [0.15, 0.2) is 5.76 Å². The Kier molecular flexibility index (Phi) is 2.60. The van der Waals surface area contributed by atoms with Crippen LogP contribution in [0.25, 0.3) is 11.0 Å². The first kappa shape index (κ1) is 11.5. The summed E-state index contributed by atoms with van der Waals surface area (Å²) in [5, 5.41) is 0.937. The summed E-state index contributed by atoms with van der Waals surface area (Å²) in [6.07, 6.45) is 0. The Balaban J connectivity index is 2.09. The fraction of sp³-hybridized carbons (Fsp3) is 0.0625. The molecule has 0 radical (unpaired) electrons. The van der Waals surface area contributed by atoms with Crippen LogP contribution in [0.1, 0.15) is 21.7 Å². The number of carbonyl (C=O) groups excluding carboxylic acids is 1. The van der Waals surface area contributed by atoms with Gasteiger partial charge in [0.1, 0.15) is 5.58 Å². The maximum absolute atomic E-state index is 12.3. The lowest BCUT2D eigenvalue weighted by Crippen LogP contribution is -2.00. The zero-order valence-electron chi connectivity index (χ0n) is 10.5. The third-order valence-corrected chi connectivity index (χ3v) is 3.11. The van der Waals surface area contributed by atoms with Crippen LogP contribution in [-0.2, 0) is 0 Å². The Bertz CT molecular complexity index is 771. The van der Waals surface area contributed by atoms with E-state index in [-0.39, 0.29) is 5.78 Å². The van der Waals surface area contributed by atoms with Gasteiger partial charge >= 0.3 is 0 Å². The zero-order valence-corrected chi connectivity index (χ0v) is 10.5. The van der Waals surface area contributed by atoms with Gasteiger partial charge in [0.25, 0.3) is 0 Å². The summed E-state index contributed by atoms with van der Waals surface area (Å²) in [6.45, 7) is 1.96. The third kappa shape index (κ3) is 1.99. The van der Waals surface area contributed by atoms with Crippen LogP contribution in [0.15, 0.2) is 52.9 Å². The molecule has 1 heterocycles. The third-order valence-electron chi connectivity index (χ3n) is 3.11. The predicted octanol–water partition coefficient (Wildman–Crippen LogP) is 3.55. The molecular formula is C16H13NO2. The average Bonchev–Trinajstić information content (AvgIpc) is 2.83. The van der Waals surface area contributed by atoms with Gasteiger partial charge in [0.2, 0.25) is 5.78 Å². The van der Waals surface area contributed by atoms with Crippen LogP contribution in [0, 0.1) is 6.92 Å². The van der Waals surface area contributed by atoms with E-state index in [9.17, 15) is 4.79 Å². The van der Waals surface area contributed by atoms with Gasteiger partial charge in [-0.15, -0.1) is 0 Å². The number of anilines is 1. The number of nitrogen functional groups attached to an aromatic ring is 1. The summed E-state index contributed by atoms with van der Waals surface area (Å²) >= 11 is 0. The summed E-state index contributed by atoms with van der Waals surface area (Å²) in [4.78, 5) is 12.3. The Morgan fingerprint density at radius 1 is 1.11 bits per heavy atom. The van der Waals surface area contributed by atoms with Crippen LogP contribution < -0.4 is 5.73 Å². The van der Waals surface area contributed by atoms with Gasteiger partial charge in [-0.2, -0.15) is 0 Å². The fourth-order valence-electron chi connectivity index (χ4n) is 2.14. The second kappa shape index (κ2) is 4.28. The van der Waals surface area contributed by atoms with Crippen molar-refractivity contribution in [2.45, 2.75) is 6.92 Å².